The normalized spacial score (nSPS) is 14.8. The molecule has 0 aliphatic heterocycles. The zero-order valence-corrected chi connectivity index (χ0v) is 18.6. The molecular weight excluding hydrogens is 332 g/mol. The van der Waals surface area contributed by atoms with Gasteiger partial charge in [-0.1, -0.05) is 84.8 Å². The van der Waals surface area contributed by atoms with Crippen molar-refractivity contribution in [2.24, 2.45) is 17.8 Å². The Kier molecular flexibility index (Phi) is 11.4. The summed E-state index contributed by atoms with van der Waals surface area (Å²) < 4.78 is 5.24. The fourth-order valence-corrected chi connectivity index (χ4v) is 3.54. The molecule has 3 unspecified atom stereocenters. The van der Waals surface area contributed by atoms with Crippen LogP contribution in [0.5, 0.6) is 0 Å². The molecule has 0 spiro atoms. The largest absolute Gasteiger partial charge is 0.459 e. The van der Waals surface area contributed by atoms with Crippen molar-refractivity contribution in [2.75, 3.05) is 0 Å². The molecule has 0 bridgehead atoms. The fourth-order valence-electron chi connectivity index (χ4n) is 3.54. The van der Waals surface area contributed by atoms with E-state index >= 15 is 0 Å². The van der Waals surface area contributed by atoms with E-state index in [0.717, 1.165) is 18.3 Å². The minimum atomic E-state index is -0.230. The fraction of sp³-hybridized carbons (Fsp3) is 0.720. The molecule has 0 saturated heterocycles. The van der Waals surface area contributed by atoms with Gasteiger partial charge in [0.15, 0.2) is 0 Å². The lowest BCUT2D eigenvalue weighted by molar-refractivity contribution is 0.0378. The molecule has 0 amide bonds. The molecule has 1 aromatic rings. The van der Waals surface area contributed by atoms with Crippen LogP contribution < -0.4 is 0 Å². The smallest absolute Gasteiger partial charge is 0.338 e. The summed E-state index contributed by atoms with van der Waals surface area (Å²) in [4.78, 5) is 11.9. The van der Waals surface area contributed by atoms with Crippen LogP contribution in [0.1, 0.15) is 102 Å². The number of rotatable bonds is 13. The van der Waals surface area contributed by atoms with Gasteiger partial charge in [-0.2, -0.15) is 0 Å². The molecule has 0 N–H and O–H groups in total. The number of carbonyl (C=O) groups excluding carboxylic acids is 1. The molecule has 0 saturated carbocycles. The average Bonchev–Trinajstić information content (AvgIpc) is 2.61. The van der Waals surface area contributed by atoms with Crippen molar-refractivity contribution in [2.45, 2.75) is 99.0 Å². The van der Waals surface area contributed by atoms with Gasteiger partial charge in [-0.15, -0.1) is 0 Å². The molecule has 1 aromatic carbocycles. The van der Waals surface area contributed by atoms with E-state index < -0.39 is 0 Å². The first-order valence-electron chi connectivity index (χ1n) is 11.1. The van der Waals surface area contributed by atoms with Crippen LogP contribution in [-0.2, 0) is 11.2 Å². The third-order valence-corrected chi connectivity index (χ3v) is 5.60. The second kappa shape index (κ2) is 13.0. The molecule has 2 nitrogen and oxygen atoms in total. The Balaban J connectivity index is 2.26. The highest BCUT2D eigenvalue weighted by Gasteiger charge is 2.11. The maximum Gasteiger partial charge on any atom is 0.338 e. The van der Waals surface area contributed by atoms with E-state index in [9.17, 15) is 4.79 Å². The van der Waals surface area contributed by atoms with Gasteiger partial charge in [-0.3, -0.25) is 0 Å². The van der Waals surface area contributed by atoms with Crippen LogP contribution in [0, 0.1) is 17.8 Å². The van der Waals surface area contributed by atoms with Crippen LogP contribution in [0.3, 0.4) is 0 Å². The first kappa shape index (κ1) is 23.7. The lowest BCUT2D eigenvalue weighted by atomic mass is 9.91. The van der Waals surface area contributed by atoms with Crippen molar-refractivity contribution in [3.8, 4) is 0 Å². The van der Waals surface area contributed by atoms with Gasteiger partial charge in [-0.05, 0) is 55.7 Å². The molecule has 0 aromatic heterocycles. The minimum absolute atomic E-state index is 0.0744. The average molecular weight is 375 g/mol. The number of benzene rings is 1. The van der Waals surface area contributed by atoms with E-state index in [0.29, 0.717) is 11.5 Å². The van der Waals surface area contributed by atoms with Crippen LogP contribution in [0.4, 0.5) is 0 Å². The Morgan fingerprint density at radius 1 is 0.815 bits per heavy atom. The number of hydrogen-bond acceptors (Lipinski definition) is 2. The van der Waals surface area contributed by atoms with Crippen molar-refractivity contribution in [1.82, 2.24) is 0 Å². The molecule has 0 heterocycles. The zero-order chi connectivity index (χ0) is 20.2. The number of esters is 1. The van der Waals surface area contributed by atoms with Crippen molar-refractivity contribution in [3.05, 3.63) is 35.4 Å². The predicted molar refractivity (Wildman–Crippen MR) is 116 cm³/mol. The molecule has 2 heteroatoms. The van der Waals surface area contributed by atoms with E-state index in [4.69, 9.17) is 4.74 Å². The molecule has 1 rings (SSSR count). The van der Waals surface area contributed by atoms with Crippen LogP contribution in [0.25, 0.3) is 0 Å². The first-order chi connectivity index (χ1) is 12.8. The second-order valence-electron chi connectivity index (χ2n) is 8.94. The SMILES string of the molecule is CCC(C)CCCC(C)CCCC(C)Cc1ccc(C(=O)OC(C)C)cc1. The summed E-state index contributed by atoms with van der Waals surface area (Å²) in [5, 5.41) is 0. The Morgan fingerprint density at radius 2 is 1.33 bits per heavy atom. The standard InChI is InChI=1S/C25H42O2/c1-7-20(4)10-8-11-21(5)12-9-13-22(6)18-23-14-16-24(17-15-23)25(26)27-19(2)3/h14-17,19-22H,7-13,18H2,1-6H3. The first-order valence-corrected chi connectivity index (χ1v) is 11.1. The molecule has 0 aliphatic carbocycles. The molecular formula is C25H42O2. The predicted octanol–water partition coefficient (Wildman–Crippen LogP) is 7.45. The zero-order valence-electron chi connectivity index (χ0n) is 18.6. The molecule has 0 radical (unpaired) electrons. The third-order valence-electron chi connectivity index (χ3n) is 5.60. The van der Waals surface area contributed by atoms with Gasteiger partial charge in [0.05, 0.1) is 11.7 Å². The van der Waals surface area contributed by atoms with Crippen molar-refractivity contribution >= 4 is 5.97 Å². The Labute approximate surface area is 168 Å². The van der Waals surface area contributed by atoms with Crippen LogP contribution in [0.15, 0.2) is 24.3 Å². The van der Waals surface area contributed by atoms with Gasteiger partial charge in [-0.25, -0.2) is 4.79 Å². The van der Waals surface area contributed by atoms with E-state index in [1.165, 1.54) is 50.5 Å². The summed E-state index contributed by atoms with van der Waals surface area (Å²) >= 11 is 0. The second-order valence-corrected chi connectivity index (χ2v) is 8.94. The number of ether oxygens (including phenoxy) is 1. The maximum atomic E-state index is 11.9. The third kappa shape index (κ3) is 10.6. The lowest BCUT2D eigenvalue weighted by Crippen LogP contribution is -2.11. The van der Waals surface area contributed by atoms with E-state index in [2.05, 4.69) is 39.8 Å². The Morgan fingerprint density at radius 3 is 1.85 bits per heavy atom. The van der Waals surface area contributed by atoms with E-state index in [1.807, 2.05) is 26.0 Å². The summed E-state index contributed by atoms with van der Waals surface area (Å²) in [7, 11) is 0. The van der Waals surface area contributed by atoms with Crippen molar-refractivity contribution in [1.29, 1.82) is 0 Å². The molecule has 27 heavy (non-hydrogen) atoms. The summed E-state index contributed by atoms with van der Waals surface area (Å²) in [6.45, 7) is 13.2. The van der Waals surface area contributed by atoms with Gasteiger partial charge < -0.3 is 4.74 Å². The molecule has 0 fully saturated rings. The quantitative estimate of drug-likeness (QED) is 0.335. The van der Waals surface area contributed by atoms with Crippen LogP contribution in [0.2, 0.25) is 0 Å². The minimum Gasteiger partial charge on any atom is -0.459 e. The lowest BCUT2D eigenvalue weighted by Gasteiger charge is -2.16. The highest BCUT2D eigenvalue weighted by atomic mass is 16.5. The van der Waals surface area contributed by atoms with Crippen molar-refractivity contribution in [3.63, 3.8) is 0 Å². The summed E-state index contributed by atoms with van der Waals surface area (Å²) in [6, 6.07) is 7.94. The van der Waals surface area contributed by atoms with Gasteiger partial charge in [0.1, 0.15) is 0 Å². The number of hydrogen-bond donors (Lipinski definition) is 0. The van der Waals surface area contributed by atoms with Gasteiger partial charge in [0.2, 0.25) is 0 Å². The van der Waals surface area contributed by atoms with Gasteiger partial charge >= 0.3 is 5.97 Å². The highest BCUT2D eigenvalue weighted by molar-refractivity contribution is 5.89. The molecule has 0 aliphatic rings. The van der Waals surface area contributed by atoms with Crippen LogP contribution in [-0.4, -0.2) is 12.1 Å². The van der Waals surface area contributed by atoms with E-state index in [-0.39, 0.29) is 12.1 Å². The van der Waals surface area contributed by atoms with Gasteiger partial charge in [0, 0.05) is 0 Å². The Hall–Kier alpha value is -1.31. The molecule has 3 atom stereocenters. The summed E-state index contributed by atoms with van der Waals surface area (Å²) in [5.74, 6) is 2.20. The van der Waals surface area contributed by atoms with Crippen molar-refractivity contribution < 1.29 is 9.53 Å². The molecule has 154 valence electrons. The summed E-state index contributed by atoms with van der Waals surface area (Å²) in [5.41, 5.74) is 1.96. The summed E-state index contributed by atoms with van der Waals surface area (Å²) in [6.07, 6.45) is 10.4. The maximum absolute atomic E-state index is 11.9. The number of carbonyl (C=O) groups is 1. The topological polar surface area (TPSA) is 26.3 Å². The Bertz CT molecular complexity index is 518. The van der Waals surface area contributed by atoms with Gasteiger partial charge in [0.25, 0.3) is 0 Å². The monoisotopic (exact) mass is 374 g/mol. The van der Waals surface area contributed by atoms with E-state index in [1.54, 1.807) is 0 Å². The highest BCUT2D eigenvalue weighted by Crippen LogP contribution is 2.22. The van der Waals surface area contributed by atoms with Crippen LogP contribution >= 0.6 is 0 Å².